The van der Waals surface area contributed by atoms with Gasteiger partial charge in [-0.1, -0.05) is 30.3 Å². The van der Waals surface area contributed by atoms with Crippen molar-refractivity contribution in [2.75, 3.05) is 11.4 Å². The van der Waals surface area contributed by atoms with Crippen LogP contribution in [0.4, 0.5) is 18.9 Å². The summed E-state index contributed by atoms with van der Waals surface area (Å²) in [5, 5.41) is 0. The molecule has 1 atom stereocenters. The Morgan fingerprint density at radius 1 is 1.00 bits per heavy atom. The van der Waals surface area contributed by atoms with Gasteiger partial charge in [0.05, 0.1) is 11.6 Å². The van der Waals surface area contributed by atoms with Crippen LogP contribution in [0.5, 0.6) is 5.75 Å². The fourth-order valence-electron chi connectivity index (χ4n) is 3.44. The summed E-state index contributed by atoms with van der Waals surface area (Å²) in [4.78, 5) is 28.4. The quantitative estimate of drug-likeness (QED) is 0.753. The fraction of sp³-hybridized carbons (Fsp3) is 0.200. The number of carbonyl (C=O) groups is 2. The SMILES string of the molecule is O=C1C2=CN(Cc3ccccc3)CC2C(=O)N1c1ccc(OC(F)(F)F)cc1. The molecule has 28 heavy (non-hydrogen) atoms. The van der Waals surface area contributed by atoms with Crippen molar-refractivity contribution in [3.8, 4) is 5.75 Å². The Labute approximate surface area is 158 Å². The largest absolute Gasteiger partial charge is 0.573 e. The first kappa shape index (κ1) is 18.1. The Hall–Kier alpha value is -3.29. The fourth-order valence-corrected chi connectivity index (χ4v) is 3.44. The average molecular weight is 388 g/mol. The summed E-state index contributed by atoms with van der Waals surface area (Å²) in [6.07, 6.45) is -3.11. The summed E-state index contributed by atoms with van der Waals surface area (Å²) in [6.45, 7) is 0.978. The van der Waals surface area contributed by atoms with E-state index in [1.54, 1.807) is 6.20 Å². The second-order valence-electron chi connectivity index (χ2n) is 6.57. The summed E-state index contributed by atoms with van der Waals surface area (Å²) in [5.41, 5.74) is 1.68. The Balaban J connectivity index is 1.51. The maximum atomic E-state index is 12.7. The van der Waals surface area contributed by atoms with Gasteiger partial charge in [0, 0.05) is 24.9 Å². The van der Waals surface area contributed by atoms with Gasteiger partial charge in [0.25, 0.3) is 5.91 Å². The molecular weight excluding hydrogens is 373 g/mol. The van der Waals surface area contributed by atoms with Crippen LogP contribution in [0.3, 0.4) is 0 Å². The number of rotatable bonds is 4. The molecular formula is C20H15F3N2O3. The van der Waals surface area contributed by atoms with Gasteiger partial charge in [-0.15, -0.1) is 13.2 Å². The van der Waals surface area contributed by atoms with E-state index in [9.17, 15) is 22.8 Å². The third-order valence-corrected chi connectivity index (χ3v) is 4.64. The zero-order valence-corrected chi connectivity index (χ0v) is 14.5. The van der Waals surface area contributed by atoms with Gasteiger partial charge in [0.1, 0.15) is 5.75 Å². The van der Waals surface area contributed by atoms with Crippen molar-refractivity contribution in [2.45, 2.75) is 12.9 Å². The lowest BCUT2D eigenvalue weighted by Crippen LogP contribution is -2.33. The van der Waals surface area contributed by atoms with Crippen molar-refractivity contribution >= 4 is 17.5 Å². The minimum absolute atomic E-state index is 0.217. The minimum atomic E-state index is -4.80. The van der Waals surface area contributed by atoms with Gasteiger partial charge < -0.3 is 9.64 Å². The van der Waals surface area contributed by atoms with E-state index >= 15 is 0 Å². The second-order valence-corrected chi connectivity index (χ2v) is 6.57. The molecule has 2 aliphatic rings. The number of halogens is 3. The number of carbonyl (C=O) groups excluding carboxylic acids is 2. The monoisotopic (exact) mass is 388 g/mol. The number of imide groups is 1. The van der Waals surface area contributed by atoms with Gasteiger partial charge in [0.15, 0.2) is 0 Å². The Morgan fingerprint density at radius 2 is 1.68 bits per heavy atom. The number of ether oxygens (including phenoxy) is 1. The van der Waals surface area contributed by atoms with E-state index in [1.807, 2.05) is 35.2 Å². The standard InChI is InChI=1S/C20H15F3N2O3/c21-20(22,23)28-15-8-6-14(7-9-15)25-18(26)16-11-24(12-17(16)19(25)27)10-13-4-2-1-3-5-13/h1-9,11,17H,10,12H2. The molecule has 8 heteroatoms. The summed E-state index contributed by atoms with van der Waals surface area (Å²) in [6, 6.07) is 14.4. The van der Waals surface area contributed by atoms with Crippen molar-refractivity contribution in [1.29, 1.82) is 0 Å². The lowest BCUT2D eigenvalue weighted by molar-refractivity contribution is -0.274. The van der Waals surface area contributed by atoms with E-state index in [2.05, 4.69) is 4.74 Å². The van der Waals surface area contributed by atoms with Crippen molar-refractivity contribution < 1.29 is 27.5 Å². The molecule has 2 aliphatic heterocycles. The lowest BCUT2D eigenvalue weighted by Gasteiger charge is -2.20. The predicted molar refractivity (Wildman–Crippen MR) is 94.0 cm³/mol. The summed E-state index contributed by atoms with van der Waals surface area (Å²) >= 11 is 0. The molecule has 0 N–H and O–H groups in total. The second kappa shape index (κ2) is 6.70. The highest BCUT2D eigenvalue weighted by atomic mass is 19.4. The van der Waals surface area contributed by atoms with Crippen molar-refractivity contribution in [3.63, 3.8) is 0 Å². The normalized spacial score (nSPS) is 19.1. The molecule has 2 aromatic rings. The number of hydrogen-bond acceptors (Lipinski definition) is 4. The Kier molecular flexibility index (Phi) is 4.33. The molecule has 0 spiro atoms. The summed E-state index contributed by atoms with van der Waals surface area (Å²) < 4.78 is 40.6. The molecule has 1 fully saturated rings. The van der Waals surface area contributed by atoms with E-state index < -0.39 is 23.9 Å². The Morgan fingerprint density at radius 3 is 2.29 bits per heavy atom. The molecule has 0 radical (unpaired) electrons. The molecule has 0 bridgehead atoms. The van der Waals surface area contributed by atoms with Crippen LogP contribution in [-0.2, 0) is 16.1 Å². The van der Waals surface area contributed by atoms with E-state index in [-0.39, 0.29) is 11.6 Å². The highest BCUT2D eigenvalue weighted by molar-refractivity contribution is 6.29. The third kappa shape index (κ3) is 3.45. The third-order valence-electron chi connectivity index (χ3n) is 4.64. The number of amides is 2. The van der Waals surface area contributed by atoms with Gasteiger partial charge in [-0.2, -0.15) is 0 Å². The molecule has 5 nitrogen and oxygen atoms in total. The van der Waals surface area contributed by atoms with Gasteiger partial charge in [-0.05, 0) is 29.8 Å². The van der Waals surface area contributed by atoms with E-state index in [0.717, 1.165) is 22.6 Å². The van der Waals surface area contributed by atoms with Crippen molar-refractivity contribution in [2.24, 2.45) is 5.92 Å². The molecule has 2 amide bonds. The van der Waals surface area contributed by atoms with Gasteiger partial charge in [-0.3, -0.25) is 9.59 Å². The van der Waals surface area contributed by atoms with Crippen LogP contribution >= 0.6 is 0 Å². The maximum absolute atomic E-state index is 12.7. The number of alkyl halides is 3. The first-order chi connectivity index (χ1) is 13.3. The topological polar surface area (TPSA) is 49.9 Å². The van der Waals surface area contributed by atoms with E-state index in [0.29, 0.717) is 18.7 Å². The van der Waals surface area contributed by atoms with Crippen LogP contribution < -0.4 is 9.64 Å². The van der Waals surface area contributed by atoms with Crippen molar-refractivity contribution in [1.82, 2.24) is 4.90 Å². The van der Waals surface area contributed by atoms with Crippen LogP contribution in [0, 0.1) is 5.92 Å². The molecule has 144 valence electrons. The number of fused-ring (bicyclic) bond motifs is 1. The number of benzene rings is 2. The van der Waals surface area contributed by atoms with Crippen molar-refractivity contribution in [3.05, 3.63) is 71.9 Å². The number of hydrogen-bond donors (Lipinski definition) is 0. The van der Waals surface area contributed by atoms with Crippen LogP contribution in [-0.4, -0.2) is 29.6 Å². The van der Waals surface area contributed by atoms with Crippen LogP contribution in [0.2, 0.25) is 0 Å². The highest BCUT2D eigenvalue weighted by Crippen LogP contribution is 2.36. The first-order valence-corrected chi connectivity index (χ1v) is 8.55. The molecule has 1 unspecified atom stereocenters. The van der Waals surface area contributed by atoms with Crippen LogP contribution in [0.25, 0.3) is 0 Å². The number of nitrogens with zero attached hydrogens (tertiary/aromatic N) is 2. The van der Waals surface area contributed by atoms with Crippen LogP contribution in [0.1, 0.15) is 5.56 Å². The van der Waals surface area contributed by atoms with E-state index in [1.165, 1.54) is 12.1 Å². The molecule has 2 heterocycles. The number of anilines is 1. The zero-order chi connectivity index (χ0) is 19.9. The molecule has 2 aromatic carbocycles. The van der Waals surface area contributed by atoms with Gasteiger partial charge >= 0.3 is 6.36 Å². The highest BCUT2D eigenvalue weighted by Gasteiger charge is 2.47. The molecule has 1 saturated heterocycles. The van der Waals surface area contributed by atoms with Crippen LogP contribution in [0.15, 0.2) is 66.4 Å². The van der Waals surface area contributed by atoms with Gasteiger partial charge in [0.2, 0.25) is 5.91 Å². The predicted octanol–water partition coefficient (Wildman–Crippen LogP) is 3.47. The molecule has 0 aliphatic carbocycles. The Bertz CT molecular complexity index is 939. The first-order valence-electron chi connectivity index (χ1n) is 8.55. The molecule has 0 saturated carbocycles. The summed E-state index contributed by atoms with van der Waals surface area (Å²) in [7, 11) is 0. The van der Waals surface area contributed by atoms with Gasteiger partial charge in [-0.25, -0.2) is 4.90 Å². The minimum Gasteiger partial charge on any atom is -0.406 e. The molecule has 4 rings (SSSR count). The van der Waals surface area contributed by atoms with E-state index in [4.69, 9.17) is 0 Å². The molecule has 0 aromatic heterocycles. The zero-order valence-electron chi connectivity index (χ0n) is 14.5. The summed E-state index contributed by atoms with van der Waals surface area (Å²) in [5.74, 6) is -1.81. The lowest BCUT2D eigenvalue weighted by atomic mass is 10.1. The average Bonchev–Trinajstić information content (AvgIpc) is 3.15. The maximum Gasteiger partial charge on any atom is 0.573 e. The smallest absolute Gasteiger partial charge is 0.406 e.